The zero-order valence-corrected chi connectivity index (χ0v) is 12.1. The van der Waals surface area contributed by atoms with Gasteiger partial charge in [0.05, 0.1) is 10.5 Å². The van der Waals surface area contributed by atoms with Crippen molar-refractivity contribution in [1.82, 2.24) is 4.98 Å². The van der Waals surface area contributed by atoms with E-state index >= 15 is 0 Å². The summed E-state index contributed by atoms with van der Waals surface area (Å²) in [7, 11) is 0. The van der Waals surface area contributed by atoms with Crippen LogP contribution in [0, 0.1) is 17.0 Å². The number of halogens is 3. The van der Waals surface area contributed by atoms with Gasteiger partial charge in [-0.2, -0.15) is 13.2 Å². The fraction of sp³-hybridized carbons (Fsp3) is 0.143. The normalized spacial score (nSPS) is 11.2. The van der Waals surface area contributed by atoms with Gasteiger partial charge in [0, 0.05) is 23.4 Å². The lowest BCUT2D eigenvalue weighted by Crippen LogP contribution is -2.21. The number of aromatic nitrogens is 1. The molecule has 0 aliphatic rings. The van der Waals surface area contributed by atoms with Crippen molar-refractivity contribution in [3.8, 4) is 0 Å². The number of carbonyl (C=O) groups excluding carboxylic acids is 1. The van der Waals surface area contributed by atoms with Crippen molar-refractivity contribution in [3.63, 3.8) is 0 Å². The molecule has 0 spiro atoms. The van der Waals surface area contributed by atoms with Crippen LogP contribution >= 0.6 is 0 Å². The molecule has 10 heteroatoms. The minimum atomic E-state index is -4.69. The zero-order valence-electron chi connectivity index (χ0n) is 12.1. The number of benzene rings is 1. The Morgan fingerprint density at radius 3 is 2.50 bits per heavy atom. The van der Waals surface area contributed by atoms with Crippen LogP contribution in [-0.4, -0.2) is 15.8 Å². The number of aromatic amines is 1. The number of carbonyl (C=O) groups is 1. The van der Waals surface area contributed by atoms with Crippen molar-refractivity contribution in [1.29, 1.82) is 0 Å². The van der Waals surface area contributed by atoms with Gasteiger partial charge in [-0.05, 0) is 25.1 Å². The zero-order chi connectivity index (χ0) is 18.1. The van der Waals surface area contributed by atoms with Gasteiger partial charge in [0.1, 0.15) is 5.69 Å². The summed E-state index contributed by atoms with van der Waals surface area (Å²) in [6.45, 7) is 1.41. The molecular weight excluding hydrogens is 331 g/mol. The molecule has 1 heterocycles. The molecule has 0 saturated carbocycles. The first-order chi connectivity index (χ1) is 11.1. The van der Waals surface area contributed by atoms with Crippen molar-refractivity contribution < 1.29 is 22.9 Å². The number of nitro groups is 1. The molecule has 0 aliphatic heterocycles. The Balaban J connectivity index is 2.32. The Morgan fingerprint density at radius 2 is 1.96 bits per heavy atom. The second-order valence-corrected chi connectivity index (χ2v) is 4.84. The van der Waals surface area contributed by atoms with Crippen molar-refractivity contribution in [2.24, 2.45) is 0 Å². The van der Waals surface area contributed by atoms with Crippen LogP contribution in [0.2, 0.25) is 0 Å². The molecule has 2 rings (SSSR count). The highest BCUT2D eigenvalue weighted by Crippen LogP contribution is 2.29. The van der Waals surface area contributed by atoms with E-state index in [2.05, 4.69) is 5.32 Å². The first kappa shape index (κ1) is 17.2. The fourth-order valence-corrected chi connectivity index (χ4v) is 1.94. The number of amides is 1. The molecule has 0 fully saturated rings. The molecule has 24 heavy (non-hydrogen) atoms. The van der Waals surface area contributed by atoms with E-state index in [9.17, 15) is 32.9 Å². The molecule has 0 saturated heterocycles. The molecule has 0 atom stereocenters. The van der Waals surface area contributed by atoms with E-state index in [-0.39, 0.29) is 16.8 Å². The summed E-state index contributed by atoms with van der Waals surface area (Å²) in [5.74, 6) is -0.863. The van der Waals surface area contributed by atoms with Crippen LogP contribution in [0.3, 0.4) is 0 Å². The van der Waals surface area contributed by atoms with Gasteiger partial charge in [-0.1, -0.05) is 0 Å². The van der Waals surface area contributed by atoms with E-state index in [4.69, 9.17) is 0 Å². The standard InChI is InChI=1S/C14H10F3N3O4/c1-7-4-8(2-3-11(7)20(23)24)12(21)19-10-5-9(14(15,16)17)6-18-13(10)22/h2-6H,1H3,(H,18,22)(H,19,21). The van der Waals surface area contributed by atoms with Crippen LogP contribution in [0.15, 0.2) is 35.3 Å². The Morgan fingerprint density at radius 1 is 1.29 bits per heavy atom. The monoisotopic (exact) mass is 341 g/mol. The fourth-order valence-electron chi connectivity index (χ4n) is 1.94. The summed E-state index contributed by atoms with van der Waals surface area (Å²) in [6.07, 6.45) is -4.19. The first-order valence-corrected chi connectivity index (χ1v) is 6.46. The molecule has 0 radical (unpaired) electrons. The predicted octanol–water partition coefficient (Wildman–Crippen LogP) is 2.86. The summed E-state index contributed by atoms with van der Waals surface area (Å²) in [5, 5.41) is 12.8. The third-order valence-corrected chi connectivity index (χ3v) is 3.13. The van der Waals surface area contributed by atoms with E-state index in [0.29, 0.717) is 12.3 Å². The SMILES string of the molecule is Cc1cc(C(=O)Nc2cc(C(F)(F)F)c[nH]c2=O)ccc1[N+](=O)[O-]. The molecule has 2 aromatic rings. The lowest BCUT2D eigenvalue weighted by Gasteiger charge is -2.09. The number of hydrogen-bond acceptors (Lipinski definition) is 4. The highest BCUT2D eigenvalue weighted by molar-refractivity contribution is 6.04. The number of nitrogens with zero attached hydrogens (tertiary/aromatic N) is 1. The molecule has 1 aromatic carbocycles. The smallest absolute Gasteiger partial charge is 0.327 e. The number of nitrogens with one attached hydrogen (secondary N) is 2. The minimum Gasteiger partial charge on any atom is -0.327 e. The largest absolute Gasteiger partial charge is 0.417 e. The molecule has 126 valence electrons. The second kappa shape index (κ2) is 6.14. The van der Waals surface area contributed by atoms with Gasteiger partial charge in [0.25, 0.3) is 17.2 Å². The minimum absolute atomic E-state index is 0.0325. The van der Waals surface area contributed by atoms with E-state index in [1.807, 2.05) is 4.98 Å². The maximum absolute atomic E-state index is 12.6. The Hall–Kier alpha value is -3.17. The summed E-state index contributed by atoms with van der Waals surface area (Å²) in [4.78, 5) is 35.6. The van der Waals surface area contributed by atoms with E-state index in [1.165, 1.54) is 13.0 Å². The Kier molecular flexibility index (Phi) is 4.40. The van der Waals surface area contributed by atoms with E-state index < -0.39 is 33.8 Å². The van der Waals surface area contributed by atoms with Gasteiger partial charge >= 0.3 is 6.18 Å². The maximum atomic E-state index is 12.6. The van der Waals surface area contributed by atoms with E-state index in [1.54, 1.807) is 0 Å². The van der Waals surface area contributed by atoms with Crippen LogP contribution in [0.1, 0.15) is 21.5 Å². The number of H-pyrrole nitrogens is 1. The van der Waals surface area contributed by atoms with Crippen molar-refractivity contribution in [2.45, 2.75) is 13.1 Å². The van der Waals surface area contributed by atoms with Crippen LogP contribution < -0.4 is 10.9 Å². The second-order valence-electron chi connectivity index (χ2n) is 4.84. The summed E-state index contributed by atoms with van der Waals surface area (Å²) in [5.41, 5.74) is -2.65. The van der Waals surface area contributed by atoms with Gasteiger partial charge < -0.3 is 10.3 Å². The first-order valence-electron chi connectivity index (χ1n) is 6.46. The molecule has 2 N–H and O–H groups in total. The van der Waals surface area contributed by atoms with E-state index in [0.717, 1.165) is 12.1 Å². The predicted molar refractivity (Wildman–Crippen MR) is 77.9 cm³/mol. The number of rotatable bonds is 3. The number of anilines is 1. The van der Waals surface area contributed by atoms with Crippen molar-refractivity contribution >= 4 is 17.3 Å². The van der Waals surface area contributed by atoms with Gasteiger partial charge in [-0.25, -0.2) is 0 Å². The molecule has 0 bridgehead atoms. The average Bonchev–Trinajstić information content (AvgIpc) is 2.47. The third-order valence-electron chi connectivity index (χ3n) is 3.13. The third kappa shape index (κ3) is 3.59. The van der Waals surface area contributed by atoms with Crippen LogP contribution in [0.4, 0.5) is 24.5 Å². The molecule has 7 nitrogen and oxygen atoms in total. The number of nitro benzene ring substituents is 1. The molecule has 1 amide bonds. The maximum Gasteiger partial charge on any atom is 0.417 e. The number of aryl methyl sites for hydroxylation is 1. The highest BCUT2D eigenvalue weighted by atomic mass is 19.4. The summed E-state index contributed by atoms with van der Waals surface area (Å²) < 4.78 is 37.9. The van der Waals surface area contributed by atoms with Crippen molar-refractivity contribution in [3.05, 3.63) is 67.6 Å². The van der Waals surface area contributed by atoms with Crippen LogP contribution in [-0.2, 0) is 6.18 Å². The van der Waals surface area contributed by atoms with Gasteiger partial charge in [-0.3, -0.25) is 19.7 Å². The van der Waals surface area contributed by atoms with Gasteiger partial charge in [0.15, 0.2) is 0 Å². The van der Waals surface area contributed by atoms with Gasteiger partial charge in [-0.15, -0.1) is 0 Å². The van der Waals surface area contributed by atoms with Crippen LogP contribution in [0.25, 0.3) is 0 Å². The topological polar surface area (TPSA) is 105 Å². The summed E-state index contributed by atoms with van der Waals surface area (Å²) >= 11 is 0. The lowest BCUT2D eigenvalue weighted by atomic mass is 10.1. The number of hydrogen-bond donors (Lipinski definition) is 2. The summed E-state index contributed by atoms with van der Waals surface area (Å²) in [6, 6.07) is 3.95. The van der Waals surface area contributed by atoms with Crippen molar-refractivity contribution in [2.75, 3.05) is 5.32 Å². The molecule has 0 unspecified atom stereocenters. The molecule has 0 aliphatic carbocycles. The highest BCUT2D eigenvalue weighted by Gasteiger charge is 2.31. The number of pyridine rings is 1. The average molecular weight is 341 g/mol. The van der Waals surface area contributed by atoms with Crippen LogP contribution in [0.5, 0.6) is 0 Å². The number of alkyl halides is 3. The molecular formula is C14H10F3N3O4. The lowest BCUT2D eigenvalue weighted by molar-refractivity contribution is -0.385. The Bertz CT molecular complexity index is 874. The van der Waals surface area contributed by atoms with Gasteiger partial charge in [0.2, 0.25) is 0 Å². The Labute approximate surface area is 132 Å². The molecule has 1 aromatic heterocycles. The quantitative estimate of drug-likeness (QED) is 0.661.